The molecule has 0 aromatic rings. The third-order valence-corrected chi connectivity index (χ3v) is 8.19. The van der Waals surface area contributed by atoms with Crippen molar-refractivity contribution in [2.75, 3.05) is 7.11 Å². The summed E-state index contributed by atoms with van der Waals surface area (Å²) < 4.78 is 4.93. The van der Waals surface area contributed by atoms with E-state index < -0.39 is 0 Å². The van der Waals surface area contributed by atoms with Crippen LogP contribution in [0.1, 0.15) is 58.8 Å². The molecule has 4 heteroatoms. The van der Waals surface area contributed by atoms with Gasteiger partial charge < -0.3 is 4.74 Å². The quantitative estimate of drug-likeness (QED) is 0.683. The predicted molar refractivity (Wildman–Crippen MR) is 92.6 cm³/mol. The first-order chi connectivity index (χ1) is 11.8. The molecule has 4 nitrogen and oxygen atoms in total. The number of methoxy groups -OCH3 is 1. The number of esters is 1. The zero-order valence-electron chi connectivity index (χ0n) is 15.5. The highest BCUT2D eigenvalue weighted by molar-refractivity contribution is 5.97. The number of hydrogen-bond donors (Lipinski definition) is 0. The van der Waals surface area contributed by atoms with Gasteiger partial charge in [0.05, 0.1) is 13.0 Å². The lowest BCUT2D eigenvalue weighted by molar-refractivity contribution is -0.149. The number of ketones is 2. The highest BCUT2D eigenvalue weighted by atomic mass is 16.5. The minimum atomic E-state index is -0.290. The zero-order valence-corrected chi connectivity index (χ0v) is 15.5. The summed E-state index contributed by atoms with van der Waals surface area (Å²) in [6.45, 7) is 4.38. The number of hydrogen-bond acceptors (Lipinski definition) is 4. The number of rotatable bonds is 1. The maximum absolute atomic E-state index is 13.1. The Morgan fingerprint density at radius 3 is 2.48 bits per heavy atom. The predicted octanol–water partition coefficient (Wildman–Crippen LogP) is 3.49. The van der Waals surface area contributed by atoms with Gasteiger partial charge in [0.15, 0.2) is 5.78 Å². The van der Waals surface area contributed by atoms with E-state index in [1.807, 2.05) is 6.08 Å². The van der Waals surface area contributed by atoms with E-state index >= 15 is 0 Å². The van der Waals surface area contributed by atoms with Crippen molar-refractivity contribution in [1.29, 1.82) is 0 Å². The molecule has 0 amide bonds. The van der Waals surface area contributed by atoms with Crippen LogP contribution in [-0.4, -0.2) is 24.6 Å². The Hall–Kier alpha value is -1.45. The van der Waals surface area contributed by atoms with Crippen LogP contribution in [-0.2, 0) is 19.1 Å². The molecule has 0 spiro atoms. The van der Waals surface area contributed by atoms with Crippen LogP contribution in [0, 0.1) is 34.5 Å². The molecule has 136 valence electrons. The first-order valence-corrected chi connectivity index (χ1v) is 9.67. The van der Waals surface area contributed by atoms with Crippen molar-refractivity contribution >= 4 is 17.5 Å². The van der Waals surface area contributed by atoms with Gasteiger partial charge in [0.25, 0.3) is 0 Å². The fraction of sp³-hybridized carbons (Fsp3) is 0.762. The van der Waals surface area contributed by atoms with E-state index in [1.165, 1.54) is 7.11 Å². The minimum Gasteiger partial charge on any atom is -0.469 e. The normalized spacial score (nSPS) is 46.0. The van der Waals surface area contributed by atoms with Crippen LogP contribution in [0.2, 0.25) is 0 Å². The Morgan fingerprint density at radius 2 is 1.76 bits per heavy atom. The van der Waals surface area contributed by atoms with Crippen molar-refractivity contribution in [2.24, 2.45) is 34.5 Å². The lowest BCUT2D eigenvalue weighted by Gasteiger charge is -2.55. The Labute approximate surface area is 149 Å². The van der Waals surface area contributed by atoms with E-state index in [1.54, 1.807) is 0 Å². The molecular weight excluding hydrogens is 316 g/mol. The van der Waals surface area contributed by atoms with Crippen LogP contribution >= 0.6 is 0 Å². The van der Waals surface area contributed by atoms with Gasteiger partial charge in [0, 0.05) is 17.8 Å². The molecule has 6 atom stereocenters. The molecule has 25 heavy (non-hydrogen) atoms. The number of ether oxygens (including phenoxy) is 1. The van der Waals surface area contributed by atoms with Crippen molar-refractivity contribution in [1.82, 2.24) is 0 Å². The standard InChI is InChI=1S/C21H28O4/c1-20-8-6-12(19(24)25-3)10-13(20)11-16(22)18-14-4-5-17(23)21(14,2)9-7-15(18)20/h11-12,14-15,18H,4-10H2,1-3H3/t12?,14-,15-,18-,20-,21-/m0/s1. The van der Waals surface area contributed by atoms with Crippen molar-refractivity contribution in [3.63, 3.8) is 0 Å². The summed E-state index contributed by atoms with van der Waals surface area (Å²) in [5.41, 5.74) is 0.853. The van der Waals surface area contributed by atoms with Gasteiger partial charge in [-0.3, -0.25) is 14.4 Å². The summed E-state index contributed by atoms with van der Waals surface area (Å²) >= 11 is 0. The summed E-state index contributed by atoms with van der Waals surface area (Å²) in [7, 11) is 1.44. The lowest BCUT2D eigenvalue weighted by atomic mass is 9.47. The summed E-state index contributed by atoms with van der Waals surface area (Å²) in [5, 5.41) is 0. The van der Waals surface area contributed by atoms with Crippen molar-refractivity contribution < 1.29 is 19.1 Å². The van der Waals surface area contributed by atoms with Crippen LogP contribution in [0.3, 0.4) is 0 Å². The molecule has 4 aliphatic carbocycles. The average Bonchev–Trinajstić information content (AvgIpc) is 2.90. The second kappa shape index (κ2) is 5.52. The first-order valence-electron chi connectivity index (χ1n) is 9.67. The highest BCUT2D eigenvalue weighted by Crippen LogP contribution is 2.63. The molecule has 1 unspecified atom stereocenters. The number of fused-ring (bicyclic) bond motifs is 5. The van der Waals surface area contributed by atoms with Gasteiger partial charge >= 0.3 is 5.97 Å². The number of carbonyl (C=O) groups excluding carboxylic acids is 3. The van der Waals surface area contributed by atoms with Crippen LogP contribution in [0.4, 0.5) is 0 Å². The van der Waals surface area contributed by atoms with Gasteiger partial charge in [-0.05, 0) is 61.9 Å². The zero-order chi connectivity index (χ0) is 18.0. The third-order valence-electron chi connectivity index (χ3n) is 8.19. The summed E-state index contributed by atoms with van der Waals surface area (Å²) in [6.07, 6.45) is 7.62. The molecule has 0 aliphatic heterocycles. The Morgan fingerprint density at radius 1 is 1.08 bits per heavy atom. The van der Waals surface area contributed by atoms with E-state index in [-0.39, 0.29) is 40.3 Å². The molecule has 3 saturated carbocycles. The van der Waals surface area contributed by atoms with Gasteiger partial charge in [-0.25, -0.2) is 0 Å². The second-order valence-corrected chi connectivity index (χ2v) is 9.11. The number of carbonyl (C=O) groups is 3. The maximum Gasteiger partial charge on any atom is 0.308 e. The van der Waals surface area contributed by atoms with Gasteiger partial charge in [-0.1, -0.05) is 19.4 Å². The molecule has 0 aromatic carbocycles. The molecule has 0 bridgehead atoms. The Kier molecular flexibility index (Phi) is 3.75. The van der Waals surface area contributed by atoms with Gasteiger partial charge in [-0.15, -0.1) is 0 Å². The molecule has 0 aromatic heterocycles. The smallest absolute Gasteiger partial charge is 0.308 e. The third kappa shape index (κ3) is 2.22. The fourth-order valence-corrected chi connectivity index (χ4v) is 6.54. The molecular formula is C21H28O4. The molecule has 0 radical (unpaired) electrons. The molecule has 4 rings (SSSR count). The Balaban J connectivity index is 1.69. The summed E-state index contributed by atoms with van der Waals surface area (Å²) in [6, 6.07) is 0. The number of Topliss-reactive ketones (excluding diaryl/α,β-unsaturated/α-hetero) is 1. The molecule has 0 N–H and O–H groups in total. The van der Waals surface area contributed by atoms with E-state index in [0.29, 0.717) is 24.5 Å². The Bertz CT molecular complexity index is 677. The van der Waals surface area contributed by atoms with Crippen LogP contribution < -0.4 is 0 Å². The molecule has 3 fully saturated rings. The average molecular weight is 344 g/mol. The highest BCUT2D eigenvalue weighted by Gasteiger charge is 2.61. The topological polar surface area (TPSA) is 60.4 Å². The van der Waals surface area contributed by atoms with Gasteiger partial charge in [0.2, 0.25) is 0 Å². The SMILES string of the molecule is COC(=O)C1CC[C@@]2(C)C(=CC(=O)[C@@H]3[C@@H]2CC[C@]2(C)C(=O)CC[C@@H]32)C1. The van der Waals surface area contributed by atoms with Crippen molar-refractivity contribution in [2.45, 2.75) is 58.8 Å². The largest absolute Gasteiger partial charge is 0.469 e. The van der Waals surface area contributed by atoms with E-state index in [0.717, 1.165) is 37.7 Å². The monoisotopic (exact) mass is 344 g/mol. The molecule has 4 aliphatic rings. The van der Waals surface area contributed by atoms with Crippen LogP contribution in [0.25, 0.3) is 0 Å². The van der Waals surface area contributed by atoms with E-state index in [4.69, 9.17) is 4.74 Å². The van der Waals surface area contributed by atoms with E-state index in [2.05, 4.69) is 13.8 Å². The van der Waals surface area contributed by atoms with E-state index in [9.17, 15) is 14.4 Å². The fourth-order valence-electron chi connectivity index (χ4n) is 6.54. The number of allylic oxidation sites excluding steroid dienone is 2. The summed E-state index contributed by atoms with van der Waals surface area (Å²) in [5.74, 6) is 0.813. The van der Waals surface area contributed by atoms with Crippen LogP contribution in [0.5, 0.6) is 0 Å². The van der Waals surface area contributed by atoms with Gasteiger partial charge in [0.1, 0.15) is 5.78 Å². The first kappa shape index (κ1) is 17.0. The lowest BCUT2D eigenvalue weighted by Crippen LogP contribution is -2.53. The summed E-state index contributed by atoms with van der Waals surface area (Å²) in [4.78, 5) is 37.5. The van der Waals surface area contributed by atoms with Crippen LogP contribution in [0.15, 0.2) is 11.6 Å². The minimum absolute atomic E-state index is 0.00390. The molecule has 0 saturated heterocycles. The second-order valence-electron chi connectivity index (χ2n) is 9.11. The maximum atomic E-state index is 13.1. The van der Waals surface area contributed by atoms with Crippen molar-refractivity contribution in [3.05, 3.63) is 11.6 Å². The van der Waals surface area contributed by atoms with Crippen molar-refractivity contribution in [3.8, 4) is 0 Å². The molecule has 0 heterocycles. The van der Waals surface area contributed by atoms with Gasteiger partial charge in [-0.2, -0.15) is 0 Å².